The van der Waals surface area contributed by atoms with Crippen molar-refractivity contribution in [3.8, 4) is 5.82 Å². The Morgan fingerprint density at radius 3 is 2.37 bits per heavy atom. The fourth-order valence-corrected chi connectivity index (χ4v) is 3.35. The fraction of sp³-hybridized carbons (Fsp3) is 0.467. The van der Waals surface area contributed by atoms with Gasteiger partial charge in [-0.05, 0) is 24.0 Å². The number of carbonyl (C=O) groups is 1. The third-order valence-electron chi connectivity index (χ3n) is 4.70. The first-order valence-corrected chi connectivity index (χ1v) is 7.88. The van der Waals surface area contributed by atoms with Crippen molar-refractivity contribution in [3.63, 3.8) is 0 Å². The van der Waals surface area contributed by atoms with Gasteiger partial charge in [-0.3, -0.25) is 4.79 Å². The molecule has 0 aromatic carbocycles. The highest BCUT2D eigenvalue weighted by molar-refractivity contribution is 5.92. The van der Waals surface area contributed by atoms with Gasteiger partial charge < -0.3 is 10.2 Å². The maximum Gasteiger partial charge on any atom is 0.417 e. The fourth-order valence-electron chi connectivity index (χ4n) is 3.35. The highest BCUT2D eigenvalue weighted by Crippen LogP contribution is 2.29. The van der Waals surface area contributed by atoms with Crippen molar-refractivity contribution in [1.29, 1.82) is 0 Å². The molecule has 1 N–H and O–H groups in total. The van der Waals surface area contributed by atoms with Crippen molar-refractivity contribution >= 4 is 30.7 Å². The lowest BCUT2D eigenvalue weighted by Crippen LogP contribution is -2.32. The van der Waals surface area contributed by atoms with Crippen LogP contribution in [0.3, 0.4) is 0 Å². The monoisotopic (exact) mass is 424 g/mol. The van der Waals surface area contributed by atoms with Crippen molar-refractivity contribution in [2.24, 2.45) is 11.8 Å². The van der Waals surface area contributed by atoms with E-state index in [1.807, 2.05) is 0 Å². The summed E-state index contributed by atoms with van der Waals surface area (Å²) in [6.07, 6.45) is -2.32. The predicted octanol–water partition coefficient (Wildman–Crippen LogP) is 1.82. The molecule has 27 heavy (non-hydrogen) atoms. The van der Waals surface area contributed by atoms with Crippen LogP contribution >= 0.6 is 24.8 Å². The molecule has 0 spiro atoms. The third-order valence-corrected chi connectivity index (χ3v) is 4.70. The average Bonchev–Trinajstić information content (AvgIpc) is 3.29. The number of amides is 1. The number of aromatic nitrogens is 4. The summed E-state index contributed by atoms with van der Waals surface area (Å²) in [5, 5.41) is 11.0. The van der Waals surface area contributed by atoms with Gasteiger partial charge in [0, 0.05) is 32.4 Å². The number of fused-ring (bicyclic) bond motifs is 1. The first-order valence-electron chi connectivity index (χ1n) is 7.88. The number of nitrogens with one attached hydrogen (secondary N) is 1. The zero-order valence-electron chi connectivity index (χ0n) is 13.9. The number of pyridine rings is 1. The predicted molar refractivity (Wildman–Crippen MR) is 94.4 cm³/mol. The van der Waals surface area contributed by atoms with Crippen LogP contribution in [0.15, 0.2) is 24.5 Å². The van der Waals surface area contributed by atoms with Gasteiger partial charge in [0.1, 0.15) is 0 Å². The Hall–Kier alpha value is -1.91. The Bertz CT molecular complexity index is 786. The quantitative estimate of drug-likeness (QED) is 0.795. The molecule has 2 aliphatic rings. The molecule has 0 radical (unpaired) electrons. The lowest BCUT2D eigenvalue weighted by Gasteiger charge is -2.15. The van der Waals surface area contributed by atoms with Crippen molar-refractivity contribution in [3.05, 3.63) is 35.8 Å². The molecule has 4 heterocycles. The summed E-state index contributed by atoms with van der Waals surface area (Å²) in [4.78, 5) is 18.0. The molecule has 2 aliphatic heterocycles. The first-order chi connectivity index (χ1) is 11.9. The van der Waals surface area contributed by atoms with Crippen LogP contribution in [0.4, 0.5) is 13.2 Å². The molecule has 0 aliphatic carbocycles. The van der Waals surface area contributed by atoms with Crippen molar-refractivity contribution in [2.45, 2.75) is 6.18 Å². The number of likely N-dealkylation sites (tertiary alicyclic amines) is 1. The zero-order valence-corrected chi connectivity index (χ0v) is 15.5. The number of hydrogen-bond donors (Lipinski definition) is 1. The minimum absolute atomic E-state index is 0. The van der Waals surface area contributed by atoms with E-state index in [1.54, 1.807) is 4.90 Å². The maximum absolute atomic E-state index is 12.6. The van der Waals surface area contributed by atoms with Crippen LogP contribution in [0.5, 0.6) is 0 Å². The van der Waals surface area contributed by atoms with Crippen molar-refractivity contribution in [2.75, 3.05) is 26.2 Å². The van der Waals surface area contributed by atoms with E-state index in [-0.39, 0.29) is 42.2 Å². The van der Waals surface area contributed by atoms with Crippen LogP contribution in [0.25, 0.3) is 5.82 Å². The van der Waals surface area contributed by atoms with Crippen molar-refractivity contribution < 1.29 is 18.0 Å². The second-order valence-electron chi connectivity index (χ2n) is 6.34. The van der Waals surface area contributed by atoms with E-state index in [4.69, 9.17) is 0 Å². The normalized spacial score (nSPS) is 21.4. The molecule has 4 rings (SSSR count). The van der Waals surface area contributed by atoms with E-state index >= 15 is 0 Å². The molecular weight excluding hydrogens is 408 g/mol. The van der Waals surface area contributed by atoms with Gasteiger partial charge in [0.15, 0.2) is 11.5 Å². The lowest BCUT2D eigenvalue weighted by molar-refractivity contribution is -0.137. The van der Waals surface area contributed by atoms with Crippen LogP contribution in [-0.4, -0.2) is 57.0 Å². The van der Waals surface area contributed by atoms with E-state index in [0.717, 1.165) is 25.4 Å². The summed E-state index contributed by atoms with van der Waals surface area (Å²) < 4.78 is 38.9. The second kappa shape index (κ2) is 7.99. The van der Waals surface area contributed by atoms with Crippen LogP contribution in [0.1, 0.15) is 16.1 Å². The Morgan fingerprint density at radius 1 is 1.15 bits per heavy atom. The Morgan fingerprint density at radius 2 is 1.81 bits per heavy atom. The maximum atomic E-state index is 12.6. The molecule has 2 aromatic rings. The molecule has 2 aromatic heterocycles. The van der Waals surface area contributed by atoms with Crippen LogP contribution in [0, 0.1) is 11.8 Å². The van der Waals surface area contributed by atoms with E-state index in [2.05, 4.69) is 20.6 Å². The van der Waals surface area contributed by atoms with Gasteiger partial charge in [-0.2, -0.15) is 13.2 Å². The molecule has 12 heteroatoms. The molecule has 2 saturated heterocycles. The first kappa shape index (κ1) is 21.4. The summed E-state index contributed by atoms with van der Waals surface area (Å²) in [6.45, 7) is 3.19. The number of hydrogen-bond acceptors (Lipinski definition) is 5. The van der Waals surface area contributed by atoms with Gasteiger partial charge in [-0.1, -0.05) is 5.21 Å². The minimum atomic E-state index is -4.45. The molecule has 148 valence electrons. The molecule has 7 nitrogen and oxygen atoms in total. The highest BCUT2D eigenvalue weighted by atomic mass is 35.5. The molecule has 2 atom stereocenters. The number of halogens is 5. The molecule has 0 bridgehead atoms. The van der Waals surface area contributed by atoms with Crippen LogP contribution in [-0.2, 0) is 6.18 Å². The van der Waals surface area contributed by atoms with Gasteiger partial charge in [-0.15, -0.1) is 29.9 Å². The molecular formula is C15H17Cl2F3N6O. The van der Waals surface area contributed by atoms with E-state index < -0.39 is 11.7 Å². The summed E-state index contributed by atoms with van der Waals surface area (Å²) in [5.41, 5.74) is -0.681. The molecule has 2 fully saturated rings. The highest BCUT2D eigenvalue weighted by Gasteiger charge is 2.39. The lowest BCUT2D eigenvalue weighted by atomic mass is 10.0. The van der Waals surface area contributed by atoms with Crippen LogP contribution < -0.4 is 5.32 Å². The van der Waals surface area contributed by atoms with Gasteiger partial charge in [0.2, 0.25) is 0 Å². The minimum Gasteiger partial charge on any atom is -0.337 e. The SMILES string of the molecule is Cl.Cl.O=C(c1cn(-c2ccc(C(F)(F)F)cn2)nn1)N1C[C@H]2CNC[C@H]2C1. The van der Waals surface area contributed by atoms with E-state index in [9.17, 15) is 18.0 Å². The Kier molecular flexibility index (Phi) is 6.33. The van der Waals surface area contributed by atoms with Crippen molar-refractivity contribution in [1.82, 2.24) is 30.2 Å². The molecule has 0 saturated carbocycles. The van der Waals surface area contributed by atoms with E-state index in [0.29, 0.717) is 24.9 Å². The zero-order chi connectivity index (χ0) is 17.6. The largest absolute Gasteiger partial charge is 0.417 e. The number of nitrogens with zero attached hydrogens (tertiary/aromatic N) is 5. The summed E-state index contributed by atoms with van der Waals surface area (Å²) >= 11 is 0. The molecule has 1 amide bonds. The van der Waals surface area contributed by atoms with Gasteiger partial charge in [0.25, 0.3) is 5.91 Å². The number of rotatable bonds is 2. The molecule has 0 unspecified atom stereocenters. The number of alkyl halides is 3. The average molecular weight is 425 g/mol. The van der Waals surface area contributed by atoms with Gasteiger partial charge >= 0.3 is 6.18 Å². The van der Waals surface area contributed by atoms with E-state index in [1.165, 1.54) is 16.9 Å². The van der Waals surface area contributed by atoms with Gasteiger partial charge in [-0.25, -0.2) is 9.67 Å². The summed E-state index contributed by atoms with van der Waals surface area (Å²) in [5.74, 6) is 0.890. The third kappa shape index (κ3) is 4.17. The summed E-state index contributed by atoms with van der Waals surface area (Å²) in [6, 6.07) is 2.11. The Balaban J connectivity index is 0.00000131. The Labute approximate surface area is 165 Å². The summed E-state index contributed by atoms with van der Waals surface area (Å²) in [7, 11) is 0. The van der Waals surface area contributed by atoms with Gasteiger partial charge in [0.05, 0.1) is 11.8 Å². The topological polar surface area (TPSA) is 75.9 Å². The van der Waals surface area contributed by atoms with Crippen LogP contribution in [0.2, 0.25) is 0 Å². The number of carbonyl (C=O) groups excluding carboxylic acids is 1. The standard InChI is InChI=1S/C15H15F3N6O.2ClH/c16-15(17,18)11-1-2-13(20-5-11)24-8-12(21-22-24)14(25)23-6-9-3-19-4-10(9)7-23;;/h1-2,5,8-10,19H,3-4,6-7H2;2*1H/t9-,10+;;. The smallest absolute Gasteiger partial charge is 0.337 e. The second-order valence-corrected chi connectivity index (χ2v) is 6.34.